The summed E-state index contributed by atoms with van der Waals surface area (Å²) in [6, 6.07) is 4.25. The van der Waals surface area contributed by atoms with Crippen LogP contribution in [-0.4, -0.2) is 20.7 Å². The fourth-order valence-electron chi connectivity index (χ4n) is 3.06. The molecule has 0 radical (unpaired) electrons. The van der Waals surface area contributed by atoms with E-state index in [1.807, 2.05) is 25.6 Å². The second-order valence-electron chi connectivity index (χ2n) is 6.96. The van der Waals surface area contributed by atoms with Gasteiger partial charge in [-0.3, -0.25) is 9.48 Å². The molecule has 25 heavy (non-hydrogen) atoms. The average molecular weight is 344 g/mol. The second kappa shape index (κ2) is 8.25. The standard InChI is InChI=1S/C19H28N4O2/c1-12(2)7-17(19-21-11-22-23(19)6)20-10-16-8-13(3)18(14(4)9-16)25-15(5)24/h8-9,11-12,17,20H,7,10H2,1-6H3/t17-/m1/s1. The van der Waals surface area contributed by atoms with Gasteiger partial charge in [0.25, 0.3) is 0 Å². The lowest BCUT2D eigenvalue weighted by atomic mass is 10.0. The lowest BCUT2D eigenvalue weighted by molar-refractivity contribution is -0.131. The van der Waals surface area contributed by atoms with Crippen LogP contribution in [0.25, 0.3) is 0 Å². The van der Waals surface area contributed by atoms with E-state index in [0.717, 1.165) is 28.9 Å². The molecule has 136 valence electrons. The summed E-state index contributed by atoms with van der Waals surface area (Å²) < 4.78 is 7.12. The first-order valence-electron chi connectivity index (χ1n) is 8.63. The Kier molecular flexibility index (Phi) is 6.31. The number of carbonyl (C=O) groups is 1. The van der Waals surface area contributed by atoms with Gasteiger partial charge in [-0.15, -0.1) is 0 Å². The predicted molar refractivity (Wildman–Crippen MR) is 97.3 cm³/mol. The molecule has 0 fully saturated rings. The molecule has 0 spiro atoms. The first-order valence-corrected chi connectivity index (χ1v) is 8.63. The molecular weight excluding hydrogens is 316 g/mol. The molecule has 6 heteroatoms. The molecular formula is C19H28N4O2. The molecule has 0 bridgehead atoms. The van der Waals surface area contributed by atoms with Gasteiger partial charge in [0.2, 0.25) is 0 Å². The summed E-state index contributed by atoms with van der Waals surface area (Å²) in [4.78, 5) is 15.6. The fourth-order valence-corrected chi connectivity index (χ4v) is 3.06. The van der Waals surface area contributed by atoms with Crippen molar-refractivity contribution in [3.63, 3.8) is 0 Å². The number of aromatic nitrogens is 3. The Labute approximate surface area is 149 Å². The molecule has 1 aromatic carbocycles. The van der Waals surface area contributed by atoms with Crippen molar-refractivity contribution >= 4 is 5.97 Å². The number of hydrogen-bond acceptors (Lipinski definition) is 5. The van der Waals surface area contributed by atoms with E-state index >= 15 is 0 Å². The molecule has 0 saturated carbocycles. The fraction of sp³-hybridized carbons (Fsp3) is 0.526. The van der Waals surface area contributed by atoms with Crippen LogP contribution < -0.4 is 10.1 Å². The van der Waals surface area contributed by atoms with E-state index in [1.54, 1.807) is 6.33 Å². The third-order valence-electron chi connectivity index (χ3n) is 4.08. The van der Waals surface area contributed by atoms with Gasteiger partial charge in [-0.05, 0) is 42.9 Å². The largest absolute Gasteiger partial charge is 0.426 e. The molecule has 0 aliphatic rings. The first-order chi connectivity index (χ1) is 11.8. The average Bonchev–Trinajstić information content (AvgIpc) is 2.93. The zero-order chi connectivity index (χ0) is 18.6. The molecule has 0 aliphatic carbocycles. The quantitative estimate of drug-likeness (QED) is 0.617. The highest BCUT2D eigenvalue weighted by Crippen LogP contribution is 2.26. The highest BCUT2D eigenvalue weighted by atomic mass is 16.5. The van der Waals surface area contributed by atoms with Gasteiger partial charge in [-0.2, -0.15) is 5.10 Å². The summed E-state index contributed by atoms with van der Waals surface area (Å²) in [6.45, 7) is 10.5. The van der Waals surface area contributed by atoms with E-state index in [-0.39, 0.29) is 12.0 Å². The van der Waals surface area contributed by atoms with Gasteiger partial charge in [0.05, 0.1) is 6.04 Å². The zero-order valence-corrected chi connectivity index (χ0v) is 16.0. The molecule has 2 aromatic rings. The summed E-state index contributed by atoms with van der Waals surface area (Å²) in [5.74, 6) is 1.85. The van der Waals surface area contributed by atoms with Crippen molar-refractivity contribution in [2.75, 3.05) is 0 Å². The van der Waals surface area contributed by atoms with Gasteiger partial charge in [0, 0.05) is 20.5 Å². The maximum Gasteiger partial charge on any atom is 0.308 e. The zero-order valence-electron chi connectivity index (χ0n) is 16.0. The number of aryl methyl sites for hydroxylation is 3. The van der Waals surface area contributed by atoms with E-state index in [9.17, 15) is 4.79 Å². The van der Waals surface area contributed by atoms with Crippen LogP contribution >= 0.6 is 0 Å². The normalized spacial score (nSPS) is 12.4. The lowest BCUT2D eigenvalue weighted by Crippen LogP contribution is -2.25. The number of rotatable bonds is 7. The minimum atomic E-state index is -0.295. The number of esters is 1. The minimum Gasteiger partial charge on any atom is -0.426 e. The summed E-state index contributed by atoms with van der Waals surface area (Å²) in [5.41, 5.74) is 3.08. The molecule has 1 atom stereocenters. The van der Waals surface area contributed by atoms with Crippen LogP contribution in [0.1, 0.15) is 55.7 Å². The van der Waals surface area contributed by atoms with E-state index in [0.29, 0.717) is 18.2 Å². The van der Waals surface area contributed by atoms with Crippen LogP contribution in [-0.2, 0) is 18.4 Å². The van der Waals surface area contributed by atoms with Crippen LogP contribution in [0.5, 0.6) is 5.75 Å². The molecule has 0 amide bonds. The van der Waals surface area contributed by atoms with Crippen LogP contribution in [0.4, 0.5) is 0 Å². The Morgan fingerprint density at radius 1 is 1.28 bits per heavy atom. The number of benzene rings is 1. The SMILES string of the molecule is CC(=O)Oc1c(C)cc(CN[C@H](CC(C)C)c2ncnn2C)cc1C. The van der Waals surface area contributed by atoms with Crippen molar-refractivity contribution < 1.29 is 9.53 Å². The number of ether oxygens (including phenoxy) is 1. The third kappa shape index (κ3) is 5.13. The molecule has 2 rings (SSSR count). The Morgan fingerprint density at radius 2 is 1.92 bits per heavy atom. The van der Waals surface area contributed by atoms with Gasteiger partial charge < -0.3 is 10.1 Å². The minimum absolute atomic E-state index is 0.140. The Hall–Kier alpha value is -2.21. The molecule has 1 aromatic heterocycles. The number of nitrogens with zero attached hydrogens (tertiary/aromatic N) is 3. The highest BCUT2D eigenvalue weighted by molar-refractivity contribution is 5.70. The maximum atomic E-state index is 11.2. The summed E-state index contributed by atoms with van der Waals surface area (Å²) in [5, 5.41) is 7.78. The molecule has 0 aliphatic heterocycles. The van der Waals surface area contributed by atoms with Gasteiger partial charge in [0.15, 0.2) is 0 Å². The van der Waals surface area contributed by atoms with E-state index < -0.39 is 0 Å². The molecule has 1 heterocycles. The summed E-state index contributed by atoms with van der Waals surface area (Å²) >= 11 is 0. The summed E-state index contributed by atoms with van der Waals surface area (Å²) in [6.07, 6.45) is 2.57. The van der Waals surface area contributed by atoms with Crippen molar-refractivity contribution in [3.05, 3.63) is 41.0 Å². The predicted octanol–water partition coefficient (Wildman–Crippen LogP) is 3.23. The number of hydrogen-bond donors (Lipinski definition) is 1. The second-order valence-corrected chi connectivity index (χ2v) is 6.96. The maximum absolute atomic E-state index is 11.2. The smallest absolute Gasteiger partial charge is 0.308 e. The Balaban J connectivity index is 2.15. The van der Waals surface area contributed by atoms with Crippen LogP contribution in [0.2, 0.25) is 0 Å². The molecule has 6 nitrogen and oxygen atoms in total. The van der Waals surface area contributed by atoms with Crippen LogP contribution in [0, 0.1) is 19.8 Å². The first kappa shape index (κ1) is 19.1. The van der Waals surface area contributed by atoms with Crippen molar-refractivity contribution in [1.82, 2.24) is 20.1 Å². The topological polar surface area (TPSA) is 69.0 Å². The van der Waals surface area contributed by atoms with Gasteiger partial charge in [-0.25, -0.2) is 4.98 Å². The molecule has 0 unspecified atom stereocenters. The Morgan fingerprint density at radius 3 is 2.40 bits per heavy atom. The van der Waals surface area contributed by atoms with Gasteiger partial charge >= 0.3 is 5.97 Å². The van der Waals surface area contributed by atoms with E-state index in [4.69, 9.17) is 4.74 Å². The van der Waals surface area contributed by atoms with Crippen LogP contribution in [0.3, 0.4) is 0 Å². The highest BCUT2D eigenvalue weighted by Gasteiger charge is 2.18. The molecule has 0 saturated heterocycles. The van der Waals surface area contributed by atoms with Crippen LogP contribution in [0.15, 0.2) is 18.5 Å². The lowest BCUT2D eigenvalue weighted by Gasteiger charge is -2.20. The number of nitrogens with one attached hydrogen (secondary N) is 1. The van der Waals surface area contributed by atoms with Crippen molar-refractivity contribution in [3.8, 4) is 5.75 Å². The van der Waals surface area contributed by atoms with Crippen molar-refractivity contribution in [1.29, 1.82) is 0 Å². The van der Waals surface area contributed by atoms with Gasteiger partial charge in [0.1, 0.15) is 17.9 Å². The monoisotopic (exact) mass is 344 g/mol. The van der Waals surface area contributed by atoms with E-state index in [2.05, 4.69) is 41.4 Å². The summed E-state index contributed by atoms with van der Waals surface area (Å²) in [7, 11) is 1.92. The van der Waals surface area contributed by atoms with Gasteiger partial charge in [-0.1, -0.05) is 26.0 Å². The third-order valence-corrected chi connectivity index (χ3v) is 4.08. The number of carbonyl (C=O) groups excluding carboxylic acids is 1. The molecule has 1 N–H and O–H groups in total. The van der Waals surface area contributed by atoms with Crippen molar-refractivity contribution in [2.24, 2.45) is 13.0 Å². The van der Waals surface area contributed by atoms with Crippen molar-refractivity contribution in [2.45, 2.75) is 53.6 Å². The Bertz CT molecular complexity index is 714. The van der Waals surface area contributed by atoms with E-state index in [1.165, 1.54) is 6.92 Å².